The minimum Gasteiger partial charge on any atom is -0.393 e. The van der Waals surface area contributed by atoms with Gasteiger partial charge in [-0.1, -0.05) is 12.8 Å². The van der Waals surface area contributed by atoms with E-state index in [2.05, 4.69) is 15.7 Å². The summed E-state index contributed by atoms with van der Waals surface area (Å²) in [5.41, 5.74) is 0.862. The Kier molecular flexibility index (Phi) is 4.42. The molecule has 1 saturated carbocycles. The molecule has 0 aliphatic heterocycles. The first-order chi connectivity index (χ1) is 9.06. The second-order valence-electron chi connectivity index (χ2n) is 5.24. The zero-order chi connectivity index (χ0) is 13.8. The third-order valence-corrected chi connectivity index (χ3v) is 3.64. The van der Waals surface area contributed by atoms with Crippen LogP contribution < -0.4 is 10.6 Å². The number of aliphatic hydroxyl groups is 1. The fourth-order valence-electron chi connectivity index (χ4n) is 2.54. The Morgan fingerprint density at radius 3 is 2.89 bits per heavy atom. The third kappa shape index (κ3) is 3.70. The van der Waals surface area contributed by atoms with Crippen molar-refractivity contribution in [3.63, 3.8) is 0 Å². The summed E-state index contributed by atoms with van der Waals surface area (Å²) in [7, 11) is 1.79. The average Bonchev–Trinajstić information content (AvgIpc) is 2.67. The number of carbonyl (C=O) groups is 1. The van der Waals surface area contributed by atoms with Gasteiger partial charge in [-0.15, -0.1) is 0 Å². The molecule has 1 heterocycles. The molecule has 1 aliphatic rings. The van der Waals surface area contributed by atoms with Gasteiger partial charge in [0.1, 0.15) is 5.82 Å². The summed E-state index contributed by atoms with van der Waals surface area (Å²) in [6.07, 6.45) is 3.75. The summed E-state index contributed by atoms with van der Waals surface area (Å²) < 4.78 is 1.63. The highest BCUT2D eigenvalue weighted by Crippen LogP contribution is 2.23. The van der Waals surface area contributed by atoms with Gasteiger partial charge in [0.25, 0.3) is 0 Å². The molecule has 6 nitrogen and oxygen atoms in total. The number of anilines is 1. The molecule has 0 aromatic carbocycles. The molecule has 1 aliphatic carbocycles. The van der Waals surface area contributed by atoms with Crippen molar-refractivity contribution in [2.45, 2.75) is 38.7 Å². The van der Waals surface area contributed by atoms with E-state index in [4.69, 9.17) is 0 Å². The van der Waals surface area contributed by atoms with Gasteiger partial charge in [-0.05, 0) is 19.8 Å². The number of nitrogens with one attached hydrogen (secondary N) is 2. The summed E-state index contributed by atoms with van der Waals surface area (Å²) in [6, 6.07) is 1.57. The number of aliphatic hydroxyl groups excluding tert-OH is 1. The van der Waals surface area contributed by atoms with Crippen LogP contribution in [-0.2, 0) is 7.05 Å². The number of hydrogen-bond acceptors (Lipinski definition) is 3. The summed E-state index contributed by atoms with van der Waals surface area (Å²) in [6.45, 7) is 2.39. The van der Waals surface area contributed by atoms with Gasteiger partial charge in [-0.3, -0.25) is 10.00 Å². The van der Waals surface area contributed by atoms with Gasteiger partial charge >= 0.3 is 6.03 Å². The van der Waals surface area contributed by atoms with Crippen molar-refractivity contribution in [1.82, 2.24) is 15.1 Å². The lowest BCUT2D eigenvalue weighted by molar-refractivity contribution is 0.0711. The lowest BCUT2D eigenvalue weighted by Crippen LogP contribution is -2.38. The van der Waals surface area contributed by atoms with Crippen LogP contribution in [-0.4, -0.2) is 33.6 Å². The molecular formula is C13H22N4O2. The van der Waals surface area contributed by atoms with Crippen molar-refractivity contribution in [3.8, 4) is 0 Å². The van der Waals surface area contributed by atoms with Crippen LogP contribution in [0.5, 0.6) is 0 Å². The topological polar surface area (TPSA) is 79.2 Å². The number of hydrogen-bond donors (Lipinski definition) is 3. The van der Waals surface area contributed by atoms with E-state index in [1.54, 1.807) is 11.7 Å². The Hall–Kier alpha value is -1.56. The van der Waals surface area contributed by atoms with Gasteiger partial charge in [-0.2, -0.15) is 5.10 Å². The molecule has 106 valence electrons. The minimum absolute atomic E-state index is 0.174. The molecule has 2 rings (SSSR count). The van der Waals surface area contributed by atoms with Gasteiger partial charge in [0.2, 0.25) is 0 Å². The maximum absolute atomic E-state index is 11.8. The van der Waals surface area contributed by atoms with Crippen LogP contribution in [0.25, 0.3) is 0 Å². The molecule has 0 saturated heterocycles. The molecule has 3 N–H and O–H groups in total. The predicted molar refractivity (Wildman–Crippen MR) is 72.9 cm³/mol. The molecule has 2 atom stereocenters. The molecule has 1 aromatic rings. The lowest BCUT2D eigenvalue weighted by atomic mass is 9.86. The Balaban J connectivity index is 1.79. The second kappa shape index (κ2) is 6.06. The van der Waals surface area contributed by atoms with Crippen LogP contribution >= 0.6 is 0 Å². The molecule has 0 unspecified atom stereocenters. The van der Waals surface area contributed by atoms with E-state index in [1.807, 2.05) is 13.0 Å². The molecule has 19 heavy (non-hydrogen) atoms. The minimum atomic E-state index is -0.284. The van der Waals surface area contributed by atoms with Gasteiger partial charge in [0.05, 0.1) is 11.8 Å². The van der Waals surface area contributed by atoms with Crippen molar-refractivity contribution in [2.75, 3.05) is 11.9 Å². The number of nitrogens with zero attached hydrogens (tertiary/aromatic N) is 2. The van der Waals surface area contributed by atoms with Crippen LogP contribution in [0.3, 0.4) is 0 Å². The Labute approximate surface area is 113 Å². The predicted octanol–water partition coefficient (Wildman–Crippen LogP) is 1.40. The van der Waals surface area contributed by atoms with Crippen LogP contribution in [0.15, 0.2) is 6.07 Å². The summed E-state index contributed by atoms with van der Waals surface area (Å²) in [5.74, 6) is 0.840. The van der Waals surface area contributed by atoms with Gasteiger partial charge in [0, 0.05) is 25.6 Å². The average molecular weight is 266 g/mol. The van der Waals surface area contributed by atoms with Gasteiger partial charge < -0.3 is 10.4 Å². The van der Waals surface area contributed by atoms with Crippen molar-refractivity contribution in [1.29, 1.82) is 0 Å². The van der Waals surface area contributed by atoms with E-state index >= 15 is 0 Å². The number of amides is 2. The summed E-state index contributed by atoms with van der Waals surface area (Å²) in [4.78, 5) is 11.8. The zero-order valence-electron chi connectivity index (χ0n) is 11.5. The van der Waals surface area contributed by atoms with Gasteiger partial charge in [-0.25, -0.2) is 4.79 Å². The fourth-order valence-corrected chi connectivity index (χ4v) is 2.54. The van der Waals surface area contributed by atoms with Crippen molar-refractivity contribution in [2.24, 2.45) is 13.0 Å². The molecule has 6 heteroatoms. The molecular weight excluding hydrogens is 244 g/mol. The first-order valence-electron chi connectivity index (χ1n) is 6.80. The smallest absolute Gasteiger partial charge is 0.320 e. The molecule has 0 spiro atoms. The Morgan fingerprint density at radius 2 is 2.26 bits per heavy atom. The highest BCUT2D eigenvalue weighted by atomic mass is 16.3. The first kappa shape index (κ1) is 13.9. The second-order valence-corrected chi connectivity index (χ2v) is 5.24. The van der Waals surface area contributed by atoms with E-state index in [1.165, 1.54) is 0 Å². The maximum atomic E-state index is 11.8. The fraction of sp³-hybridized carbons (Fsp3) is 0.692. The van der Waals surface area contributed by atoms with E-state index < -0.39 is 0 Å². The largest absolute Gasteiger partial charge is 0.393 e. The van der Waals surface area contributed by atoms with E-state index in [0.717, 1.165) is 31.4 Å². The standard InChI is InChI=1S/C13H22N4O2/c1-9-7-12(17(2)16-9)15-13(19)14-8-10-5-3-4-6-11(10)18/h7,10-11,18H,3-6,8H2,1-2H3,(H2,14,15,19)/t10-,11+/m1/s1. The number of carbonyl (C=O) groups excluding carboxylic acids is 1. The van der Waals surface area contributed by atoms with Crippen LogP contribution in [0, 0.1) is 12.8 Å². The van der Waals surface area contributed by atoms with Crippen molar-refractivity contribution < 1.29 is 9.90 Å². The number of urea groups is 1. The van der Waals surface area contributed by atoms with Crippen LogP contribution in [0.4, 0.5) is 10.6 Å². The SMILES string of the molecule is Cc1cc(NC(=O)NC[C@H]2CCCC[C@@H]2O)n(C)n1. The highest BCUT2D eigenvalue weighted by Gasteiger charge is 2.23. The molecule has 2 amide bonds. The number of aromatic nitrogens is 2. The third-order valence-electron chi connectivity index (χ3n) is 3.64. The first-order valence-corrected chi connectivity index (χ1v) is 6.80. The van der Waals surface area contributed by atoms with Crippen LogP contribution in [0.2, 0.25) is 0 Å². The van der Waals surface area contributed by atoms with E-state index in [9.17, 15) is 9.90 Å². The zero-order valence-corrected chi connectivity index (χ0v) is 11.5. The van der Waals surface area contributed by atoms with E-state index in [-0.39, 0.29) is 18.1 Å². The molecule has 1 fully saturated rings. The summed E-state index contributed by atoms with van der Waals surface area (Å²) in [5, 5.41) is 19.6. The van der Waals surface area contributed by atoms with E-state index in [0.29, 0.717) is 12.4 Å². The van der Waals surface area contributed by atoms with Crippen LogP contribution in [0.1, 0.15) is 31.4 Å². The maximum Gasteiger partial charge on any atom is 0.320 e. The Morgan fingerprint density at radius 1 is 1.53 bits per heavy atom. The number of rotatable bonds is 3. The quantitative estimate of drug-likeness (QED) is 0.773. The molecule has 0 radical (unpaired) electrons. The molecule has 1 aromatic heterocycles. The normalized spacial score (nSPS) is 23.1. The Bertz CT molecular complexity index is 444. The summed E-state index contributed by atoms with van der Waals surface area (Å²) >= 11 is 0. The number of aryl methyl sites for hydroxylation is 2. The van der Waals surface area contributed by atoms with Crippen molar-refractivity contribution in [3.05, 3.63) is 11.8 Å². The van der Waals surface area contributed by atoms with Gasteiger partial charge in [0.15, 0.2) is 0 Å². The highest BCUT2D eigenvalue weighted by molar-refractivity contribution is 5.88. The lowest BCUT2D eigenvalue weighted by Gasteiger charge is -2.27. The molecule has 0 bridgehead atoms. The van der Waals surface area contributed by atoms with Crippen molar-refractivity contribution >= 4 is 11.8 Å². The monoisotopic (exact) mass is 266 g/mol.